The van der Waals surface area contributed by atoms with Crippen molar-refractivity contribution in [2.24, 2.45) is 0 Å². The van der Waals surface area contributed by atoms with Crippen molar-refractivity contribution in [3.63, 3.8) is 0 Å². The molecule has 1 fully saturated rings. The number of hydrogen-bond acceptors (Lipinski definition) is 5. The first-order valence-electron chi connectivity index (χ1n) is 9.30. The molecule has 1 aliphatic rings. The second-order valence-electron chi connectivity index (χ2n) is 7.12. The van der Waals surface area contributed by atoms with E-state index in [0.29, 0.717) is 24.3 Å². The Morgan fingerprint density at radius 3 is 2.79 bits per heavy atom. The van der Waals surface area contributed by atoms with Crippen molar-refractivity contribution in [2.75, 3.05) is 13.1 Å². The molecule has 28 heavy (non-hydrogen) atoms. The molecule has 0 spiro atoms. The highest BCUT2D eigenvalue weighted by Gasteiger charge is 2.28. The number of carbonyl (C=O) groups excluding carboxylic acids is 1. The van der Waals surface area contributed by atoms with Crippen LogP contribution in [0.5, 0.6) is 0 Å². The van der Waals surface area contributed by atoms with Gasteiger partial charge in [0, 0.05) is 29.9 Å². The first-order valence-corrected chi connectivity index (χ1v) is 9.30. The maximum atomic E-state index is 12.7. The van der Waals surface area contributed by atoms with E-state index in [-0.39, 0.29) is 24.1 Å². The molecular weight excluding hydrogens is 356 g/mol. The first kappa shape index (κ1) is 18.1. The highest BCUT2D eigenvalue weighted by molar-refractivity contribution is 5.76. The largest absolute Gasteiger partial charge is 0.339 e. The topological polar surface area (TPSA) is 85.9 Å². The third kappa shape index (κ3) is 3.45. The zero-order chi connectivity index (χ0) is 19.7. The summed E-state index contributed by atoms with van der Waals surface area (Å²) in [6, 6.07) is 9.97. The molecule has 1 amide bonds. The van der Waals surface area contributed by atoms with Crippen LogP contribution in [0.3, 0.4) is 0 Å². The molecule has 144 valence electrons. The van der Waals surface area contributed by atoms with E-state index in [4.69, 9.17) is 0 Å². The van der Waals surface area contributed by atoms with Gasteiger partial charge in [0.2, 0.25) is 5.91 Å². The number of benzene rings is 1. The number of rotatable bonds is 4. The summed E-state index contributed by atoms with van der Waals surface area (Å²) in [6.45, 7) is 4.72. The number of aryl methyl sites for hydroxylation is 1. The fraction of sp³-hybridized carbons (Fsp3) is 0.350. The lowest BCUT2D eigenvalue weighted by Gasteiger charge is -2.17. The normalized spacial score (nSPS) is 16.5. The predicted molar refractivity (Wildman–Crippen MR) is 104 cm³/mol. The summed E-state index contributed by atoms with van der Waals surface area (Å²) in [5, 5.41) is 8.51. The smallest absolute Gasteiger partial charge is 0.256 e. The molecule has 0 aliphatic carbocycles. The summed E-state index contributed by atoms with van der Waals surface area (Å²) in [4.78, 5) is 30.9. The molecular formula is C20H22N6O2. The number of carbonyl (C=O) groups is 1. The van der Waals surface area contributed by atoms with Crippen molar-refractivity contribution < 1.29 is 4.79 Å². The Balaban J connectivity index is 1.43. The van der Waals surface area contributed by atoms with Crippen molar-refractivity contribution in [2.45, 2.75) is 32.9 Å². The van der Waals surface area contributed by atoms with Gasteiger partial charge < -0.3 is 4.90 Å². The second kappa shape index (κ2) is 7.38. The summed E-state index contributed by atoms with van der Waals surface area (Å²) >= 11 is 0. The summed E-state index contributed by atoms with van der Waals surface area (Å²) < 4.78 is 3.21. The minimum absolute atomic E-state index is 0.00625. The van der Waals surface area contributed by atoms with Gasteiger partial charge in [-0.3, -0.25) is 14.2 Å². The van der Waals surface area contributed by atoms with Crippen LogP contribution >= 0.6 is 0 Å². The van der Waals surface area contributed by atoms with E-state index in [0.717, 1.165) is 17.7 Å². The molecule has 1 unspecified atom stereocenters. The van der Waals surface area contributed by atoms with Crippen LogP contribution in [0.1, 0.15) is 23.7 Å². The zero-order valence-electron chi connectivity index (χ0n) is 15.9. The number of nitrogens with zero attached hydrogens (tertiary/aromatic N) is 6. The van der Waals surface area contributed by atoms with Crippen LogP contribution < -0.4 is 5.56 Å². The molecule has 1 saturated heterocycles. The number of hydrogen-bond donors (Lipinski definition) is 0. The van der Waals surface area contributed by atoms with Gasteiger partial charge in [-0.2, -0.15) is 0 Å². The molecule has 2 aromatic heterocycles. The van der Waals surface area contributed by atoms with Gasteiger partial charge >= 0.3 is 0 Å². The molecule has 8 heteroatoms. The monoisotopic (exact) mass is 378 g/mol. The van der Waals surface area contributed by atoms with Gasteiger partial charge in [-0.1, -0.05) is 35.5 Å². The van der Waals surface area contributed by atoms with Gasteiger partial charge in [0.15, 0.2) is 0 Å². The molecule has 3 aromatic rings. The van der Waals surface area contributed by atoms with Crippen LogP contribution in [0.4, 0.5) is 0 Å². The van der Waals surface area contributed by atoms with Crippen LogP contribution in [0, 0.1) is 13.8 Å². The highest BCUT2D eigenvalue weighted by Crippen LogP contribution is 2.23. The maximum absolute atomic E-state index is 12.7. The predicted octanol–water partition coefficient (Wildman–Crippen LogP) is 1.59. The molecule has 8 nitrogen and oxygen atoms in total. The third-order valence-electron chi connectivity index (χ3n) is 5.29. The van der Waals surface area contributed by atoms with Crippen molar-refractivity contribution >= 4 is 5.91 Å². The third-order valence-corrected chi connectivity index (χ3v) is 5.29. The van der Waals surface area contributed by atoms with Crippen molar-refractivity contribution in [1.29, 1.82) is 0 Å². The summed E-state index contributed by atoms with van der Waals surface area (Å²) in [6.07, 6.45) is 4.18. The molecule has 0 bridgehead atoms. The molecule has 1 aliphatic heterocycles. The lowest BCUT2D eigenvalue weighted by atomic mass is 10.2. The molecule has 1 aromatic carbocycles. The van der Waals surface area contributed by atoms with Crippen LogP contribution in [0.2, 0.25) is 0 Å². The van der Waals surface area contributed by atoms with Crippen LogP contribution in [0.15, 0.2) is 47.7 Å². The molecule has 0 radical (unpaired) electrons. The quantitative estimate of drug-likeness (QED) is 0.688. The van der Waals surface area contributed by atoms with E-state index in [1.54, 1.807) is 18.7 Å². The maximum Gasteiger partial charge on any atom is 0.256 e. The average molecular weight is 378 g/mol. The average Bonchev–Trinajstić information content (AvgIpc) is 3.38. The zero-order valence-corrected chi connectivity index (χ0v) is 15.9. The minimum atomic E-state index is -0.166. The van der Waals surface area contributed by atoms with E-state index in [1.165, 1.54) is 10.9 Å². The summed E-state index contributed by atoms with van der Waals surface area (Å²) in [5.74, 6) is -0.0851. The van der Waals surface area contributed by atoms with Crippen LogP contribution in [-0.2, 0) is 11.3 Å². The van der Waals surface area contributed by atoms with Gasteiger partial charge in [0.1, 0.15) is 12.2 Å². The van der Waals surface area contributed by atoms with E-state index in [9.17, 15) is 9.59 Å². The fourth-order valence-electron chi connectivity index (χ4n) is 3.41. The molecule has 3 heterocycles. The Kier molecular flexibility index (Phi) is 4.77. The van der Waals surface area contributed by atoms with Crippen molar-refractivity contribution in [3.8, 4) is 11.3 Å². The van der Waals surface area contributed by atoms with Gasteiger partial charge in [-0.05, 0) is 20.3 Å². The van der Waals surface area contributed by atoms with Gasteiger partial charge in [0.25, 0.3) is 5.56 Å². The lowest BCUT2D eigenvalue weighted by Crippen LogP contribution is -2.36. The second-order valence-corrected chi connectivity index (χ2v) is 7.12. The minimum Gasteiger partial charge on any atom is -0.339 e. The van der Waals surface area contributed by atoms with E-state index < -0.39 is 0 Å². The number of likely N-dealkylation sites (tertiary alicyclic amines) is 1. The molecule has 1 atom stereocenters. The first-order chi connectivity index (χ1) is 13.5. The number of aromatic nitrogens is 5. The Morgan fingerprint density at radius 2 is 2.00 bits per heavy atom. The van der Waals surface area contributed by atoms with Gasteiger partial charge in [0.05, 0.1) is 18.6 Å². The van der Waals surface area contributed by atoms with Crippen LogP contribution in [0.25, 0.3) is 11.3 Å². The van der Waals surface area contributed by atoms with E-state index >= 15 is 0 Å². The van der Waals surface area contributed by atoms with Crippen molar-refractivity contribution in [3.05, 3.63) is 64.5 Å². The van der Waals surface area contributed by atoms with Crippen molar-refractivity contribution in [1.82, 2.24) is 29.4 Å². The van der Waals surface area contributed by atoms with E-state index in [2.05, 4.69) is 15.3 Å². The summed E-state index contributed by atoms with van der Waals surface area (Å²) in [7, 11) is 0. The van der Waals surface area contributed by atoms with E-state index in [1.807, 2.05) is 41.2 Å². The fourth-order valence-corrected chi connectivity index (χ4v) is 3.41. The number of amides is 1. The van der Waals surface area contributed by atoms with Gasteiger partial charge in [-0.15, -0.1) is 5.10 Å². The summed E-state index contributed by atoms with van der Waals surface area (Å²) in [5.41, 5.74) is 2.93. The highest BCUT2D eigenvalue weighted by atomic mass is 16.2. The Hall–Kier alpha value is -3.29. The SMILES string of the molecule is Cc1ncn(CC(=O)N2CCC(n3cc(-c4ccccc4)nn3)C2)c(=O)c1C. The van der Waals surface area contributed by atoms with Gasteiger partial charge in [-0.25, -0.2) is 9.67 Å². The molecule has 0 saturated carbocycles. The lowest BCUT2D eigenvalue weighted by molar-refractivity contribution is -0.130. The Morgan fingerprint density at radius 1 is 1.21 bits per heavy atom. The Labute approximate surface area is 162 Å². The molecule has 4 rings (SSSR count). The Bertz CT molecular complexity index is 1060. The van der Waals surface area contributed by atoms with Crippen LogP contribution in [-0.4, -0.2) is 48.4 Å². The standard InChI is InChI=1S/C20H22N6O2/c1-14-15(2)21-13-25(20(14)28)12-19(27)24-9-8-17(10-24)26-11-18(22-23-26)16-6-4-3-5-7-16/h3-7,11,13,17H,8-10,12H2,1-2H3. The molecule has 0 N–H and O–H groups in total.